The minimum Gasteiger partial charge on any atom is -0.388 e. The molecule has 1 aromatic heterocycles. The van der Waals surface area contributed by atoms with Crippen LogP contribution in [0.2, 0.25) is 0 Å². The van der Waals surface area contributed by atoms with Crippen molar-refractivity contribution < 1.29 is 5.11 Å². The maximum Gasteiger partial charge on any atom is 0.225 e. The Bertz CT molecular complexity index is 402. The molecular weight excluding hydrogens is 240 g/mol. The fourth-order valence-corrected chi connectivity index (χ4v) is 2.22. The molecule has 0 radical (unpaired) electrons. The van der Waals surface area contributed by atoms with Gasteiger partial charge < -0.3 is 15.3 Å². The van der Waals surface area contributed by atoms with Crippen LogP contribution in [0.3, 0.4) is 0 Å². The second-order valence-corrected chi connectivity index (χ2v) is 6.08. The van der Waals surface area contributed by atoms with Crippen molar-refractivity contribution in [2.45, 2.75) is 39.3 Å². The van der Waals surface area contributed by atoms with Crippen molar-refractivity contribution >= 4 is 5.95 Å². The highest BCUT2D eigenvalue weighted by molar-refractivity contribution is 5.33. The summed E-state index contributed by atoms with van der Waals surface area (Å²) in [4.78, 5) is 10.8. The second kappa shape index (κ2) is 5.84. The molecule has 106 valence electrons. The van der Waals surface area contributed by atoms with E-state index in [9.17, 15) is 5.11 Å². The Labute approximate surface area is 115 Å². The standard InChI is InChI=1S/C14H24N4O/c1-11(2)6-15-7-12-8-16-13(17-9-12)18-5-4-14(3,19)10-18/h8-9,11,15,19H,4-7,10H2,1-3H3. The van der Waals surface area contributed by atoms with E-state index in [1.54, 1.807) is 0 Å². The molecule has 2 heterocycles. The number of rotatable bonds is 5. The SMILES string of the molecule is CC(C)CNCc1cnc(N2CCC(C)(O)C2)nc1. The quantitative estimate of drug-likeness (QED) is 0.836. The van der Waals surface area contributed by atoms with Crippen LogP contribution in [0.15, 0.2) is 12.4 Å². The molecule has 5 nitrogen and oxygen atoms in total. The minimum atomic E-state index is -0.610. The maximum atomic E-state index is 9.94. The predicted octanol–water partition coefficient (Wildman–Crippen LogP) is 1.18. The second-order valence-electron chi connectivity index (χ2n) is 6.08. The summed E-state index contributed by atoms with van der Waals surface area (Å²) >= 11 is 0. The molecule has 0 spiro atoms. The number of hydrogen-bond acceptors (Lipinski definition) is 5. The van der Waals surface area contributed by atoms with Crippen LogP contribution in [-0.4, -0.2) is 40.3 Å². The van der Waals surface area contributed by atoms with E-state index in [4.69, 9.17) is 0 Å². The largest absolute Gasteiger partial charge is 0.388 e. The maximum absolute atomic E-state index is 9.94. The lowest BCUT2D eigenvalue weighted by Crippen LogP contribution is -2.30. The molecule has 1 aliphatic rings. The molecule has 1 aliphatic heterocycles. The van der Waals surface area contributed by atoms with Gasteiger partial charge in [0.15, 0.2) is 0 Å². The van der Waals surface area contributed by atoms with Gasteiger partial charge >= 0.3 is 0 Å². The third kappa shape index (κ3) is 4.14. The molecule has 1 saturated heterocycles. The van der Waals surface area contributed by atoms with E-state index in [-0.39, 0.29) is 0 Å². The zero-order valence-corrected chi connectivity index (χ0v) is 12.1. The number of β-amino-alcohol motifs (C(OH)–C–C–N with tert-alkyl or cyclic N) is 1. The molecule has 2 rings (SSSR count). The summed E-state index contributed by atoms with van der Waals surface area (Å²) in [6.07, 6.45) is 4.50. The average Bonchev–Trinajstić information content (AvgIpc) is 2.70. The van der Waals surface area contributed by atoms with Gasteiger partial charge in [-0.25, -0.2) is 9.97 Å². The van der Waals surface area contributed by atoms with Crippen molar-refractivity contribution in [2.24, 2.45) is 5.92 Å². The van der Waals surface area contributed by atoms with Gasteiger partial charge in [0.25, 0.3) is 0 Å². The van der Waals surface area contributed by atoms with Gasteiger partial charge in [0.05, 0.1) is 5.60 Å². The molecule has 1 fully saturated rings. The zero-order chi connectivity index (χ0) is 13.9. The lowest BCUT2D eigenvalue weighted by molar-refractivity contribution is 0.0838. The van der Waals surface area contributed by atoms with E-state index in [1.807, 2.05) is 24.2 Å². The molecule has 0 bridgehead atoms. The summed E-state index contributed by atoms with van der Waals surface area (Å²) in [7, 11) is 0. The lowest BCUT2D eigenvalue weighted by atomic mass is 10.1. The number of aromatic nitrogens is 2. The van der Waals surface area contributed by atoms with E-state index in [2.05, 4.69) is 29.1 Å². The fraction of sp³-hybridized carbons (Fsp3) is 0.714. The van der Waals surface area contributed by atoms with Crippen molar-refractivity contribution in [3.05, 3.63) is 18.0 Å². The molecule has 0 aromatic carbocycles. The van der Waals surface area contributed by atoms with Crippen molar-refractivity contribution in [3.8, 4) is 0 Å². The average molecular weight is 264 g/mol. The number of hydrogen-bond donors (Lipinski definition) is 2. The molecule has 0 saturated carbocycles. The lowest BCUT2D eigenvalue weighted by Gasteiger charge is -2.18. The first-order valence-electron chi connectivity index (χ1n) is 6.95. The van der Waals surface area contributed by atoms with Crippen LogP contribution in [0.25, 0.3) is 0 Å². The van der Waals surface area contributed by atoms with Crippen LogP contribution in [-0.2, 0) is 6.54 Å². The summed E-state index contributed by atoms with van der Waals surface area (Å²) in [5.41, 5.74) is 0.483. The topological polar surface area (TPSA) is 61.3 Å². The Morgan fingerprint density at radius 1 is 1.42 bits per heavy atom. The molecule has 1 unspecified atom stereocenters. The fourth-order valence-electron chi connectivity index (χ4n) is 2.22. The molecule has 2 N–H and O–H groups in total. The molecule has 5 heteroatoms. The normalized spacial score (nSPS) is 23.3. The number of anilines is 1. The third-order valence-electron chi connectivity index (χ3n) is 3.31. The molecule has 0 aliphatic carbocycles. The molecule has 1 atom stereocenters. The van der Waals surface area contributed by atoms with Crippen molar-refractivity contribution in [3.63, 3.8) is 0 Å². The number of nitrogens with zero attached hydrogens (tertiary/aromatic N) is 3. The van der Waals surface area contributed by atoms with Gasteiger partial charge in [0, 0.05) is 37.6 Å². The zero-order valence-electron chi connectivity index (χ0n) is 12.1. The van der Waals surface area contributed by atoms with Crippen LogP contribution in [0, 0.1) is 5.92 Å². The molecule has 19 heavy (non-hydrogen) atoms. The van der Waals surface area contributed by atoms with Crippen LogP contribution in [0.1, 0.15) is 32.8 Å². The number of nitrogens with one attached hydrogen (secondary N) is 1. The van der Waals surface area contributed by atoms with E-state index in [0.29, 0.717) is 18.4 Å². The highest BCUT2D eigenvalue weighted by Crippen LogP contribution is 2.23. The summed E-state index contributed by atoms with van der Waals surface area (Å²) in [6.45, 7) is 9.46. The summed E-state index contributed by atoms with van der Waals surface area (Å²) in [5.74, 6) is 1.36. The summed E-state index contributed by atoms with van der Waals surface area (Å²) in [6, 6.07) is 0. The van der Waals surface area contributed by atoms with Crippen molar-refractivity contribution in [2.75, 3.05) is 24.5 Å². The highest BCUT2D eigenvalue weighted by Gasteiger charge is 2.32. The van der Waals surface area contributed by atoms with Crippen LogP contribution < -0.4 is 10.2 Å². The monoisotopic (exact) mass is 264 g/mol. The molecular formula is C14H24N4O. The predicted molar refractivity (Wildman–Crippen MR) is 76.0 cm³/mol. The Morgan fingerprint density at radius 3 is 2.63 bits per heavy atom. The van der Waals surface area contributed by atoms with Gasteiger partial charge in [-0.15, -0.1) is 0 Å². The molecule has 1 aromatic rings. The van der Waals surface area contributed by atoms with E-state index < -0.39 is 5.60 Å². The van der Waals surface area contributed by atoms with Crippen molar-refractivity contribution in [1.82, 2.24) is 15.3 Å². The van der Waals surface area contributed by atoms with Crippen LogP contribution in [0.5, 0.6) is 0 Å². The third-order valence-corrected chi connectivity index (χ3v) is 3.31. The van der Waals surface area contributed by atoms with Gasteiger partial charge in [-0.2, -0.15) is 0 Å². The van der Waals surface area contributed by atoms with Gasteiger partial charge in [-0.05, 0) is 25.8 Å². The smallest absolute Gasteiger partial charge is 0.225 e. The first kappa shape index (κ1) is 14.2. The van der Waals surface area contributed by atoms with E-state index >= 15 is 0 Å². The van der Waals surface area contributed by atoms with Gasteiger partial charge in [0.1, 0.15) is 0 Å². The van der Waals surface area contributed by atoms with Gasteiger partial charge in [0.2, 0.25) is 5.95 Å². The Kier molecular flexibility index (Phi) is 4.37. The summed E-state index contributed by atoms with van der Waals surface area (Å²) < 4.78 is 0. The van der Waals surface area contributed by atoms with E-state index in [0.717, 1.165) is 31.6 Å². The van der Waals surface area contributed by atoms with Gasteiger partial charge in [-0.1, -0.05) is 13.8 Å². The Hall–Kier alpha value is -1.20. The first-order valence-corrected chi connectivity index (χ1v) is 6.95. The molecule has 0 amide bonds. The minimum absolute atomic E-state index is 0.609. The van der Waals surface area contributed by atoms with Gasteiger partial charge in [-0.3, -0.25) is 0 Å². The van der Waals surface area contributed by atoms with Crippen molar-refractivity contribution in [1.29, 1.82) is 0 Å². The van der Waals surface area contributed by atoms with Crippen LogP contribution >= 0.6 is 0 Å². The Balaban J connectivity index is 1.88. The highest BCUT2D eigenvalue weighted by atomic mass is 16.3. The Morgan fingerprint density at radius 2 is 2.11 bits per heavy atom. The number of aliphatic hydroxyl groups is 1. The summed E-state index contributed by atoms with van der Waals surface area (Å²) in [5, 5.41) is 13.3. The van der Waals surface area contributed by atoms with Crippen LogP contribution in [0.4, 0.5) is 5.95 Å². The first-order chi connectivity index (χ1) is 8.96. The van der Waals surface area contributed by atoms with E-state index in [1.165, 1.54) is 0 Å².